The second kappa shape index (κ2) is 11.6. The van der Waals surface area contributed by atoms with Gasteiger partial charge in [-0.2, -0.15) is 4.52 Å². The number of anilines is 1. The third kappa shape index (κ3) is 5.55. The Balaban J connectivity index is 1.10. The lowest BCUT2D eigenvalue weighted by molar-refractivity contribution is -0.135. The zero-order chi connectivity index (χ0) is 26.6. The Morgan fingerprint density at radius 1 is 1.00 bits per heavy atom. The Morgan fingerprint density at radius 3 is 2.37 bits per heavy atom. The van der Waals surface area contributed by atoms with Crippen molar-refractivity contribution in [1.82, 2.24) is 29.6 Å². The number of hydrogen-bond donors (Lipinski definition) is 0. The second-order valence-corrected chi connectivity index (χ2v) is 10.4. The van der Waals surface area contributed by atoms with Gasteiger partial charge in [0.05, 0.1) is 7.11 Å². The molecule has 2 unspecified atom stereocenters. The first-order chi connectivity index (χ1) is 18.5. The first-order valence-corrected chi connectivity index (χ1v) is 13.7. The van der Waals surface area contributed by atoms with Crippen LogP contribution in [-0.2, 0) is 4.79 Å². The lowest BCUT2D eigenvalue weighted by Crippen LogP contribution is -2.58. The summed E-state index contributed by atoms with van der Waals surface area (Å²) in [5.41, 5.74) is 2.04. The number of carbonyl (C=O) groups excluding carboxylic acids is 1. The van der Waals surface area contributed by atoms with Crippen LogP contribution in [0.5, 0.6) is 11.8 Å². The van der Waals surface area contributed by atoms with Crippen LogP contribution in [0.1, 0.15) is 51.5 Å². The number of piperidine rings is 1. The van der Waals surface area contributed by atoms with Crippen LogP contribution in [0.25, 0.3) is 5.65 Å². The van der Waals surface area contributed by atoms with E-state index in [2.05, 4.69) is 63.2 Å². The van der Waals surface area contributed by atoms with Crippen molar-refractivity contribution in [1.29, 1.82) is 0 Å². The van der Waals surface area contributed by atoms with Gasteiger partial charge in [-0.05, 0) is 62.4 Å². The predicted octanol–water partition coefficient (Wildman–Crippen LogP) is 3.23. The molecule has 0 N–H and O–H groups in total. The molecule has 204 valence electrons. The van der Waals surface area contributed by atoms with Crippen LogP contribution in [0.2, 0.25) is 0 Å². The van der Waals surface area contributed by atoms with Gasteiger partial charge in [0, 0.05) is 51.2 Å². The molecule has 2 aromatic heterocycles. The summed E-state index contributed by atoms with van der Waals surface area (Å²) >= 11 is 0. The van der Waals surface area contributed by atoms with Crippen LogP contribution in [0, 0.1) is 0 Å². The van der Waals surface area contributed by atoms with Crippen LogP contribution < -0.4 is 14.4 Å². The maximum Gasteiger partial charge on any atom is 0.338 e. The minimum absolute atomic E-state index is 0.247. The number of piperazine rings is 1. The van der Waals surface area contributed by atoms with Crippen molar-refractivity contribution in [3.8, 4) is 11.8 Å². The molecule has 0 saturated carbocycles. The lowest BCUT2D eigenvalue weighted by atomic mass is 9.89. The maximum absolute atomic E-state index is 12.1. The SMILES string of the molecule is CCC(=O)N1CC(C)N(CCOc2ccc(C3CCN(c4ccc5nnc(OC)n5n4)CC3)cc2)C(C)C1. The van der Waals surface area contributed by atoms with Gasteiger partial charge in [-0.1, -0.05) is 24.2 Å². The third-order valence-electron chi connectivity index (χ3n) is 7.95. The highest BCUT2D eigenvalue weighted by Gasteiger charge is 2.31. The largest absolute Gasteiger partial charge is 0.492 e. The molecular weight excluding hydrogens is 482 g/mol. The van der Waals surface area contributed by atoms with Gasteiger partial charge >= 0.3 is 6.01 Å². The Bertz CT molecular complexity index is 1210. The lowest BCUT2D eigenvalue weighted by Gasteiger charge is -2.44. The van der Waals surface area contributed by atoms with E-state index in [-0.39, 0.29) is 5.91 Å². The molecule has 2 atom stereocenters. The number of carbonyl (C=O) groups is 1. The molecule has 38 heavy (non-hydrogen) atoms. The molecule has 3 aromatic rings. The van der Waals surface area contributed by atoms with Gasteiger partial charge in [0.25, 0.3) is 0 Å². The van der Waals surface area contributed by atoms with Crippen molar-refractivity contribution in [3.05, 3.63) is 42.0 Å². The molecule has 0 spiro atoms. The highest BCUT2D eigenvalue weighted by molar-refractivity contribution is 5.76. The fourth-order valence-corrected chi connectivity index (χ4v) is 5.83. The Kier molecular flexibility index (Phi) is 7.97. The van der Waals surface area contributed by atoms with E-state index in [1.54, 1.807) is 11.6 Å². The molecule has 1 aromatic carbocycles. The number of aromatic nitrogens is 4. The molecule has 0 aliphatic carbocycles. The number of fused-ring (bicyclic) bond motifs is 1. The van der Waals surface area contributed by atoms with Gasteiger partial charge in [-0.3, -0.25) is 9.69 Å². The number of nitrogens with zero attached hydrogens (tertiary/aromatic N) is 7. The quantitative estimate of drug-likeness (QED) is 0.447. The van der Waals surface area contributed by atoms with Crippen molar-refractivity contribution in [3.63, 3.8) is 0 Å². The highest BCUT2D eigenvalue weighted by Crippen LogP contribution is 2.31. The molecule has 2 saturated heterocycles. The van der Waals surface area contributed by atoms with Gasteiger partial charge in [0.15, 0.2) is 5.65 Å². The number of rotatable bonds is 8. The average Bonchev–Trinajstić information content (AvgIpc) is 3.37. The summed E-state index contributed by atoms with van der Waals surface area (Å²) in [6, 6.07) is 13.6. The molecule has 4 heterocycles. The molecular formula is C28H39N7O3. The van der Waals surface area contributed by atoms with E-state index in [9.17, 15) is 4.79 Å². The van der Waals surface area contributed by atoms with E-state index in [1.807, 2.05) is 24.0 Å². The van der Waals surface area contributed by atoms with E-state index in [4.69, 9.17) is 9.47 Å². The topological polar surface area (TPSA) is 88.3 Å². The molecule has 5 rings (SSSR count). The summed E-state index contributed by atoms with van der Waals surface area (Å²) in [7, 11) is 1.58. The van der Waals surface area contributed by atoms with Crippen molar-refractivity contribution in [2.24, 2.45) is 0 Å². The Morgan fingerprint density at radius 2 is 1.71 bits per heavy atom. The summed E-state index contributed by atoms with van der Waals surface area (Å²) < 4.78 is 13.0. The smallest absolute Gasteiger partial charge is 0.338 e. The zero-order valence-electron chi connectivity index (χ0n) is 22.9. The summed E-state index contributed by atoms with van der Waals surface area (Å²) in [5, 5.41) is 12.8. The molecule has 2 aliphatic heterocycles. The fraction of sp³-hybridized carbons (Fsp3) is 0.571. The molecule has 10 nitrogen and oxygen atoms in total. The average molecular weight is 522 g/mol. The molecule has 2 aliphatic rings. The molecule has 0 bridgehead atoms. The van der Waals surface area contributed by atoms with Crippen molar-refractivity contribution >= 4 is 17.4 Å². The summed E-state index contributed by atoms with van der Waals surface area (Å²) in [4.78, 5) is 18.9. The number of ether oxygens (including phenoxy) is 2. The van der Waals surface area contributed by atoms with Crippen LogP contribution in [0.3, 0.4) is 0 Å². The fourth-order valence-electron chi connectivity index (χ4n) is 5.83. The van der Waals surface area contributed by atoms with Crippen LogP contribution in [-0.4, -0.2) is 94.0 Å². The predicted molar refractivity (Wildman–Crippen MR) is 146 cm³/mol. The minimum Gasteiger partial charge on any atom is -0.492 e. The first-order valence-electron chi connectivity index (χ1n) is 13.7. The molecule has 0 radical (unpaired) electrons. The first kappa shape index (κ1) is 26.2. The molecule has 1 amide bonds. The number of benzene rings is 1. The van der Waals surface area contributed by atoms with Crippen LogP contribution in [0.15, 0.2) is 36.4 Å². The van der Waals surface area contributed by atoms with E-state index >= 15 is 0 Å². The van der Waals surface area contributed by atoms with Crippen molar-refractivity contribution in [2.45, 2.75) is 58.0 Å². The maximum atomic E-state index is 12.1. The third-order valence-corrected chi connectivity index (χ3v) is 7.95. The van der Waals surface area contributed by atoms with E-state index in [1.165, 1.54) is 5.56 Å². The summed E-state index contributed by atoms with van der Waals surface area (Å²) in [6.07, 6.45) is 2.72. The second-order valence-electron chi connectivity index (χ2n) is 10.4. The van der Waals surface area contributed by atoms with Gasteiger partial charge in [-0.15, -0.1) is 10.2 Å². The van der Waals surface area contributed by atoms with Gasteiger partial charge in [0.2, 0.25) is 5.91 Å². The summed E-state index contributed by atoms with van der Waals surface area (Å²) in [5.74, 6) is 2.60. The number of methoxy groups -OCH3 is 1. The molecule has 2 fully saturated rings. The van der Waals surface area contributed by atoms with E-state index in [0.29, 0.717) is 42.7 Å². The summed E-state index contributed by atoms with van der Waals surface area (Å²) in [6.45, 7) is 11.3. The standard InChI is InChI=1S/C28H39N7O3/c1-5-27(36)33-18-20(2)34(21(3)19-33)16-17-38-24-8-6-22(7-9-24)23-12-14-32(15-13-23)26-11-10-25-29-30-28(37-4)35(25)31-26/h6-11,20-21,23H,5,12-19H2,1-4H3. The van der Waals surface area contributed by atoms with Crippen LogP contribution in [0.4, 0.5) is 5.82 Å². The van der Waals surface area contributed by atoms with Gasteiger partial charge in [-0.25, -0.2) is 0 Å². The van der Waals surface area contributed by atoms with Crippen molar-refractivity contribution in [2.75, 3.05) is 51.3 Å². The Labute approximate surface area is 224 Å². The monoisotopic (exact) mass is 521 g/mol. The van der Waals surface area contributed by atoms with E-state index in [0.717, 1.165) is 57.1 Å². The molecule has 10 heteroatoms. The number of hydrogen-bond acceptors (Lipinski definition) is 8. The van der Waals surface area contributed by atoms with Crippen molar-refractivity contribution < 1.29 is 14.3 Å². The number of amides is 1. The minimum atomic E-state index is 0.247. The van der Waals surface area contributed by atoms with Crippen LogP contribution >= 0.6 is 0 Å². The van der Waals surface area contributed by atoms with Gasteiger partial charge < -0.3 is 19.3 Å². The Hall–Kier alpha value is -3.40. The van der Waals surface area contributed by atoms with E-state index < -0.39 is 0 Å². The zero-order valence-corrected chi connectivity index (χ0v) is 22.9. The highest BCUT2D eigenvalue weighted by atomic mass is 16.5. The van der Waals surface area contributed by atoms with Gasteiger partial charge in [0.1, 0.15) is 18.2 Å². The normalized spacial score (nSPS) is 21.2.